The molecule has 0 unspecified atom stereocenters. The summed E-state index contributed by atoms with van der Waals surface area (Å²) < 4.78 is 31.3. The number of amides is 1. The van der Waals surface area contributed by atoms with Crippen LogP contribution in [0.4, 0.5) is 5.69 Å². The van der Waals surface area contributed by atoms with Gasteiger partial charge in [-0.3, -0.25) is 9.10 Å². The lowest BCUT2D eigenvalue weighted by Crippen LogP contribution is -2.41. The molecule has 0 atom stereocenters. The maximum Gasteiger partial charge on any atom is 0.246 e. The summed E-state index contributed by atoms with van der Waals surface area (Å²) in [7, 11) is -2.09. The maximum atomic E-state index is 12.8. The fraction of sp³-hybridized carbons (Fsp3) is 0.318. The zero-order chi connectivity index (χ0) is 22.8. The molecule has 1 amide bonds. The van der Waals surface area contributed by atoms with Gasteiger partial charge in [-0.05, 0) is 31.9 Å². The van der Waals surface area contributed by atoms with Crippen molar-refractivity contribution < 1.29 is 17.7 Å². The molecule has 1 aromatic heterocycles. The summed E-state index contributed by atoms with van der Waals surface area (Å²) in [4.78, 5) is 18.6. The number of anilines is 1. The maximum absolute atomic E-state index is 12.8. The third kappa shape index (κ3) is 5.29. The second kappa shape index (κ2) is 8.89. The summed E-state index contributed by atoms with van der Waals surface area (Å²) in [5, 5.41) is 3.97. The van der Waals surface area contributed by atoms with E-state index in [1.807, 2.05) is 63.2 Å². The van der Waals surface area contributed by atoms with Gasteiger partial charge < -0.3 is 9.42 Å². The number of aryl methyl sites for hydroxylation is 3. The second-order valence-electron chi connectivity index (χ2n) is 7.64. The van der Waals surface area contributed by atoms with Crippen LogP contribution < -0.4 is 4.31 Å². The Balaban J connectivity index is 1.75. The smallest absolute Gasteiger partial charge is 0.246 e. The van der Waals surface area contributed by atoms with Gasteiger partial charge in [0.25, 0.3) is 0 Å². The minimum absolute atomic E-state index is 0.0715. The van der Waals surface area contributed by atoms with Gasteiger partial charge in [-0.2, -0.15) is 4.98 Å². The van der Waals surface area contributed by atoms with Crippen LogP contribution in [0.15, 0.2) is 47.0 Å². The average molecular weight is 443 g/mol. The molecule has 0 saturated carbocycles. The first-order chi connectivity index (χ1) is 14.6. The Morgan fingerprint density at radius 1 is 1.03 bits per heavy atom. The van der Waals surface area contributed by atoms with E-state index in [0.717, 1.165) is 32.8 Å². The Labute approximate surface area is 182 Å². The van der Waals surface area contributed by atoms with Crippen molar-refractivity contribution in [2.24, 2.45) is 0 Å². The highest BCUT2D eigenvalue weighted by Gasteiger charge is 2.26. The average Bonchev–Trinajstić information content (AvgIpc) is 3.15. The van der Waals surface area contributed by atoms with Crippen LogP contribution in [0.5, 0.6) is 0 Å². The Bertz CT molecular complexity index is 1170. The monoisotopic (exact) mass is 442 g/mol. The fourth-order valence-corrected chi connectivity index (χ4v) is 4.20. The quantitative estimate of drug-likeness (QED) is 0.558. The normalized spacial score (nSPS) is 11.4. The molecule has 2 aromatic carbocycles. The van der Waals surface area contributed by atoms with Gasteiger partial charge >= 0.3 is 0 Å². The summed E-state index contributed by atoms with van der Waals surface area (Å²) in [6, 6.07) is 13.2. The molecule has 0 aliphatic heterocycles. The SMILES string of the molecule is Cc1ccc(-c2noc(CN(C)C(=O)CN(c3c(C)cccc3C)S(C)(=O)=O)n2)cc1. The van der Waals surface area contributed by atoms with Crippen molar-refractivity contribution in [3.8, 4) is 11.4 Å². The zero-order valence-corrected chi connectivity index (χ0v) is 19.1. The molecular weight excluding hydrogens is 416 g/mol. The first-order valence-corrected chi connectivity index (χ1v) is 11.6. The number of para-hydroxylation sites is 1. The van der Waals surface area contributed by atoms with E-state index in [9.17, 15) is 13.2 Å². The van der Waals surface area contributed by atoms with E-state index in [1.54, 1.807) is 7.05 Å². The van der Waals surface area contributed by atoms with E-state index < -0.39 is 10.0 Å². The molecule has 0 N–H and O–H groups in total. The minimum Gasteiger partial charge on any atom is -0.337 e. The third-order valence-electron chi connectivity index (χ3n) is 4.94. The lowest BCUT2D eigenvalue weighted by atomic mass is 10.1. The number of hydrogen-bond donors (Lipinski definition) is 0. The van der Waals surface area contributed by atoms with Gasteiger partial charge in [0.2, 0.25) is 27.6 Å². The Kier molecular flexibility index (Phi) is 6.45. The van der Waals surface area contributed by atoms with E-state index in [0.29, 0.717) is 11.5 Å². The summed E-state index contributed by atoms with van der Waals surface area (Å²) in [5.41, 5.74) is 4.01. The van der Waals surface area contributed by atoms with Crippen LogP contribution in [0, 0.1) is 20.8 Å². The first kappa shape index (κ1) is 22.5. The summed E-state index contributed by atoms with van der Waals surface area (Å²) in [6.07, 6.45) is 1.10. The van der Waals surface area contributed by atoms with E-state index >= 15 is 0 Å². The van der Waals surface area contributed by atoms with Crippen molar-refractivity contribution in [3.63, 3.8) is 0 Å². The molecule has 164 valence electrons. The fourth-order valence-electron chi connectivity index (χ4n) is 3.23. The highest BCUT2D eigenvalue weighted by molar-refractivity contribution is 7.92. The lowest BCUT2D eigenvalue weighted by Gasteiger charge is -2.27. The molecule has 0 bridgehead atoms. The van der Waals surface area contributed by atoms with Crippen molar-refractivity contribution >= 4 is 21.6 Å². The molecule has 9 heteroatoms. The van der Waals surface area contributed by atoms with E-state index in [-0.39, 0.29) is 24.9 Å². The summed E-state index contributed by atoms with van der Waals surface area (Å²) >= 11 is 0. The molecule has 0 aliphatic rings. The molecular formula is C22H26N4O4S. The number of sulfonamides is 1. The van der Waals surface area contributed by atoms with Gasteiger partial charge in [0.15, 0.2) is 0 Å². The predicted molar refractivity (Wildman–Crippen MR) is 119 cm³/mol. The number of nitrogens with zero attached hydrogens (tertiary/aromatic N) is 4. The van der Waals surface area contributed by atoms with Crippen LogP contribution in [0.2, 0.25) is 0 Å². The van der Waals surface area contributed by atoms with E-state index in [2.05, 4.69) is 10.1 Å². The van der Waals surface area contributed by atoms with Gasteiger partial charge in [-0.15, -0.1) is 0 Å². The second-order valence-corrected chi connectivity index (χ2v) is 9.54. The molecule has 8 nitrogen and oxygen atoms in total. The number of carbonyl (C=O) groups is 1. The predicted octanol–water partition coefficient (Wildman–Crippen LogP) is 3.09. The Morgan fingerprint density at radius 3 is 2.23 bits per heavy atom. The largest absolute Gasteiger partial charge is 0.337 e. The van der Waals surface area contributed by atoms with Crippen molar-refractivity contribution in [2.45, 2.75) is 27.3 Å². The van der Waals surface area contributed by atoms with Crippen LogP contribution in [0.1, 0.15) is 22.6 Å². The van der Waals surface area contributed by atoms with Crippen LogP contribution in [0.3, 0.4) is 0 Å². The van der Waals surface area contributed by atoms with Crippen molar-refractivity contribution in [3.05, 3.63) is 65.0 Å². The van der Waals surface area contributed by atoms with Gasteiger partial charge in [0, 0.05) is 12.6 Å². The highest BCUT2D eigenvalue weighted by Crippen LogP contribution is 2.26. The minimum atomic E-state index is -3.67. The zero-order valence-electron chi connectivity index (χ0n) is 18.3. The molecule has 0 aliphatic carbocycles. The van der Waals surface area contributed by atoms with Gasteiger partial charge in [0.1, 0.15) is 6.54 Å². The molecule has 31 heavy (non-hydrogen) atoms. The number of carbonyl (C=O) groups excluding carboxylic acids is 1. The summed E-state index contributed by atoms with van der Waals surface area (Å²) in [6.45, 7) is 5.38. The number of hydrogen-bond acceptors (Lipinski definition) is 6. The van der Waals surface area contributed by atoms with Crippen LogP contribution in [0.25, 0.3) is 11.4 Å². The van der Waals surface area contributed by atoms with Crippen LogP contribution in [-0.2, 0) is 21.4 Å². The first-order valence-electron chi connectivity index (χ1n) is 9.74. The molecule has 0 saturated heterocycles. The van der Waals surface area contributed by atoms with Crippen LogP contribution >= 0.6 is 0 Å². The topological polar surface area (TPSA) is 96.6 Å². The molecule has 3 aromatic rings. The number of aromatic nitrogens is 2. The van der Waals surface area contributed by atoms with E-state index in [1.165, 1.54) is 4.90 Å². The van der Waals surface area contributed by atoms with Crippen molar-refractivity contribution in [2.75, 3.05) is 24.2 Å². The molecule has 0 spiro atoms. The van der Waals surface area contributed by atoms with Crippen LogP contribution in [-0.4, -0.2) is 49.2 Å². The van der Waals surface area contributed by atoms with Crippen molar-refractivity contribution in [1.29, 1.82) is 0 Å². The van der Waals surface area contributed by atoms with Crippen molar-refractivity contribution in [1.82, 2.24) is 15.0 Å². The number of likely N-dealkylation sites (N-methyl/N-ethyl adjacent to an activating group) is 1. The number of rotatable bonds is 7. The van der Waals surface area contributed by atoms with Gasteiger partial charge in [-0.25, -0.2) is 8.42 Å². The highest BCUT2D eigenvalue weighted by atomic mass is 32.2. The van der Waals surface area contributed by atoms with Gasteiger partial charge in [0.05, 0.1) is 18.5 Å². The molecule has 3 rings (SSSR count). The van der Waals surface area contributed by atoms with E-state index in [4.69, 9.17) is 4.52 Å². The van der Waals surface area contributed by atoms with Gasteiger partial charge in [-0.1, -0.05) is 53.2 Å². The Hall–Kier alpha value is -3.20. The molecule has 1 heterocycles. The summed E-state index contributed by atoms with van der Waals surface area (Å²) in [5.74, 6) is 0.316. The standard InChI is InChI=1S/C22H26N4O4S/c1-15-9-11-18(12-10-15)22-23-19(30-24-22)13-25(4)20(27)14-26(31(5,28)29)21-16(2)7-6-8-17(21)3/h6-12H,13-14H2,1-5H3. The Morgan fingerprint density at radius 2 is 1.65 bits per heavy atom. The number of benzene rings is 2. The molecule has 0 radical (unpaired) electrons. The lowest BCUT2D eigenvalue weighted by molar-refractivity contribution is -0.129. The molecule has 0 fully saturated rings. The third-order valence-corrected chi connectivity index (χ3v) is 6.06.